The molecule has 112 valence electrons. The average molecular weight is 288 g/mol. The van der Waals surface area contributed by atoms with Crippen LogP contribution in [0.4, 0.5) is 5.69 Å². The van der Waals surface area contributed by atoms with Gasteiger partial charge in [0.2, 0.25) is 0 Å². The van der Waals surface area contributed by atoms with E-state index in [4.69, 9.17) is 5.73 Å². The second kappa shape index (κ2) is 5.87. The number of aromatic hydroxyl groups is 1. The molecule has 0 bridgehead atoms. The number of phenolic OH excluding ortho intramolecular Hbond substituents is 1. The summed E-state index contributed by atoms with van der Waals surface area (Å²) in [7, 11) is 1.65. The van der Waals surface area contributed by atoms with E-state index in [1.54, 1.807) is 25.2 Å². The van der Waals surface area contributed by atoms with Gasteiger partial charge in [0.05, 0.1) is 11.4 Å². The molecule has 1 aromatic carbocycles. The Kier molecular flexibility index (Phi) is 4.16. The molecule has 0 saturated heterocycles. The van der Waals surface area contributed by atoms with Gasteiger partial charge in [0.25, 0.3) is 5.91 Å². The summed E-state index contributed by atoms with van der Waals surface area (Å²) < 4.78 is 0. The van der Waals surface area contributed by atoms with Gasteiger partial charge in [-0.15, -0.1) is 0 Å². The molecule has 0 unspecified atom stereocenters. The van der Waals surface area contributed by atoms with Crippen molar-refractivity contribution in [2.24, 2.45) is 0 Å². The molecule has 1 amide bonds. The number of carbonyl (C=O) groups is 1. The van der Waals surface area contributed by atoms with Gasteiger partial charge in [0.15, 0.2) is 5.69 Å². The number of nitrogens with two attached hydrogens (primary N) is 1. The molecule has 1 aromatic heterocycles. The summed E-state index contributed by atoms with van der Waals surface area (Å²) in [6.07, 6.45) is 0. The first-order valence-corrected chi connectivity index (χ1v) is 6.77. The molecule has 0 aliphatic carbocycles. The summed E-state index contributed by atoms with van der Waals surface area (Å²) in [5.74, 6) is 0.0523. The van der Waals surface area contributed by atoms with Crippen molar-refractivity contribution in [2.45, 2.75) is 26.3 Å². The van der Waals surface area contributed by atoms with Crippen molar-refractivity contribution in [2.75, 3.05) is 12.8 Å². The van der Waals surface area contributed by atoms with Crippen LogP contribution in [0.2, 0.25) is 0 Å². The minimum Gasteiger partial charge on any atom is -0.508 e. The van der Waals surface area contributed by atoms with Gasteiger partial charge in [-0.1, -0.05) is 32.0 Å². The largest absolute Gasteiger partial charge is 0.508 e. The quantitative estimate of drug-likeness (QED) is 0.802. The Labute approximate surface area is 123 Å². The van der Waals surface area contributed by atoms with Gasteiger partial charge in [0, 0.05) is 19.2 Å². The van der Waals surface area contributed by atoms with E-state index in [-0.39, 0.29) is 29.8 Å². The van der Waals surface area contributed by atoms with Crippen molar-refractivity contribution in [3.8, 4) is 5.75 Å². The highest BCUT2D eigenvalue weighted by Gasteiger charge is 2.22. The Balaban J connectivity index is 2.18. The van der Waals surface area contributed by atoms with Gasteiger partial charge in [-0.05, 0) is 12.0 Å². The number of nitrogens with one attached hydrogen (secondary N) is 1. The zero-order valence-corrected chi connectivity index (χ0v) is 12.4. The first kappa shape index (κ1) is 14.9. The number of nitrogens with zero attached hydrogens (tertiary/aromatic N) is 2. The topological polar surface area (TPSA) is 95.2 Å². The van der Waals surface area contributed by atoms with Crippen molar-refractivity contribution in [3.05, 3.63) is 41.2 Å². The summed E-state index contributed by atoms with van der Waals surface area (Å²) >= 11 is 0. The third kappa shape index (κ3) is 2.99. The summed E-state index contributed by atoms with van der Waals surface area (Å²) in [6.45, 7) is 4.24. The van der Waals surface area contributed by atoms with E-state index in [0.29, 0.717) is 11.3 Å². The number of benzene rings is 1. The molecular formula is C15H20N4O2. The van der Waals surface area contributed by atoms with Crippen LogP contribution >= 0.6 is 0 Å². The smallest absolute Gasteiger partial charge is 0.276 e. The standard InChI is InChI=1S/C15H20N4O2/c1-9(2)13-12(16)14(18-17-13)15(21)19(3)8-10-6-4-5-7-11(10)20/h4-7,9,20H,8,16H2,1-3H3,(H,17,18). The highest BCUT2D eigenvalue weighted by molar-refractivity contribution is 5.97. The number of aromatic amines is 1. The normalized spacial score (nSPS) is 10.9. The molecule has 0 radical (unpaired) electrons. The number of nitrogen functional groups attached to an aromatic ring is 1. The predicted molar refractivity (Wildman–Crippen MR) is 81.0 cm³/mol. The van der Waals surface area contributed by atoms with E-state index in [9.17, 15) is 9.90 Å². The fourth-order valence-electron chi connectivity index (χ4n) is 2.12. The first-order valence-electron chi connectivity index (χ1n) is 6.77. The maximum absolute atomic E-state index is 12.4. The SMILES string of the molecule is CC(C)c1[nH]nc(C(=O)N(C)Cc2ccccc2O)c1N. The number of aromatic nitrogens is 2. The summed E-state index contributed by atoms with van der Waals surface area (Å²) in [6, 6.07) is 6.91. The summed E-state index contributed by atoms with van der Waals surface area (Å²) in [5, 5.41) is 16.6. The molecule has 0 aliphatic rings. The number of phenols is 1. The van der Waals surface area contributed by atoms with Crippen LogP contribution < -0.4 is 5.73 Å². The van der Waals surface area contributed by atoms with E-state index in [2.05, 4.69) is 10.2 Å². The maximum Gasteiger partial charge on any atom is 0.276 e. The number of anilines is 1. The third-order valence-corrected chi connectivity index (χ3v) is 3.36. The van der Waals surface area contributed by atoms with E-state index in [1.165, 1.54) is 4.90 Å². The van der Waals surface area contributed by atoms with E-state index < -0.39 is 0 Å². The van der Waals surface area contributed by atoms with E-state index in [1.807, 2.05) is 19.9 Å². The fraction of sp³-hybridized carbons (Fsp3) is 0.333. The van der Waals surface area contributed by atoms with Gasteiger partial charge in [-0.25, -0.2) is 0 Å². The molecular weight excluding hydrogens is 268 g/mol. The van der Waals surface area contributed by atoms with E-state index >= 15 is 0 Å². The van der Waals surface area contributed by atoms with Gasteiger partial charge in [-0.3, -0.25) is 9.89 Å². The van der Waals surface area contributed by atoms with Crippen molar-refractivity contribution in [1.29, 1.82) is 0 Å². The fourth-order valence-corrected chi connectivity index (χ4v) is 2.12. The lowest BCUT2D eigenvalue weighted by Gasteiger charge is -2.17. The number of hydrogen-bond acceptors (Lipinski definition) is 4. The van der Waals surface area contributed by atoms with Gasteiger partial charge >= 0.3 is 0 Å². The zero-order valence-electron chi connectivity index (χ0n) is 12.4. The monoisotopic (exact) mass is 288 g/mol. The lowest BCUT2D eigenvalue weighted by Crippen LogP contribution is -2.27. The lowest BCUT2D eigenvalue weighted by atomic mass is 10.1. The summed E-state index contributed by atoms with van der Waals surface area (Å²) in [4.78, 5) is 13.9. The van der Waals surface area contributed by atoms with Crippen LogP contribution in [0.15, 0.2) is 24.3 Å². The number of rotatable bonds is 4. The van der Waals surface area contributed by atoms with Crippen molar-refractivity contribution in [1.82, 2.24) is 15.1 Å². The predicted octanol–water partition coefficient (Wildman–Crippen LogP) is 2.09. The molecule has 6 nitrogen and oxygen atoms in total. The van der Waals surface area contributed by atoms with Crippen molar-refractivity contribution in [3.63, 3.8) is 0 Å². The molecule has 0 saturated carbocycles. The number of para-hydroxylation sites is 1. The van der Waals surface area contributed by atoms with Crippen LogP contribution in [-0.4, -0.2) is 33.2 Å². The van der Waals surface area contributed by atoms with Gasteiger partial charge < -0.3 is 15.7 Å². The average Bonchev–Trinajstić information content (AvgIpc) is 2.82. The lowest BCUT2D eigenvalue weighted by molar-refractivity contribution is 0.0779. The van der Waals surface area contributed by atoms with Crippen LogP contribution in [0.3, 0.4) is 0 Å². The van der Waals surface area contributed by atoms with Gasteiger partial charge in [0.1, 0.15) is 5.75 Å². The second-order valence-corrected chi connectivity index (χ2v) is 5.34. The molecule has 2 rings (SSSR count). The van der Waals surface area contributed by atoms with Crippen LogP contribution in [-0.2, 0) is 6.54 Å². The third-order valence-electron chi connectivity index (χ3n) is 3.36. The molecule has 21 heavy (non-hydrogen) atoms. The summed E-state index contributed by atoms with van der Waals surface area (Å²) in [5.41, 5.74) is 8.01. The van der Waals surface area contributed by atoms with Crippen molar-refractivity contribution < 1.29 is 9.90 Å². The zero-order chi connectivity index (χ0) is 15.6. The highest BCUT2D eigenvalue weighted by atomic mass is 16.3. The number of amides is 1. The number of H-pyrrole nitrogens is 1. The Hall–Kier alpha value is -2.50. The molecule has 0 atom stereocenters. The number of carbonyl (C=O) groups excluding carboxylic acids is 1. The molecule has 0 fully saturated rings. The van der Waals surface area contributed by atoms with Crippen LogP contribution in [0.1, 0.15) is 41.5 Å². The Morgan fingerprint density at radius 2 is 2.10 bits per heavy atom. The van der Waals surface area contributed by atoms with Gasteiger partial charge in [-0.2, -0.15) is 5.10 Å². The second-order valence-electron chi connectivity index (χ2n) is 5.34. The molecule has 2 aromatic rings. The van der Waals surface area contributed by atoms with Crippen molar-refractivity contribution >= 4 is 11.6 Å². The maximum atomic E-state index is 12.4. The molecule has 0 aliphatic heterocycles. The first-order chi connectivity index (χ1) is 9.91. The molecule has 1 heterocycles. The minimum atomic E-state index is -0.279. The minimum absolute atomic E-state index is 0.162. The molecule has 4 N–H and O–H groups in total. The van der Waals surface area contributed by atoms with E-state index in [0.717, 1.165) is 5.69 Å². The van der Waals surface area contributed by atoms with Crippen LogP contribution in [0, 0.1) is 0 Å². The van der Waals surface area contributed by atoms with Crippen LogP contribution in [0.5, 0.6) is 5.75 Å². The Morgan fingerprint density at radius 1 is 1.43 bits per heavy atom. The number of hydrogen-bond donors (Lipinski definition) is 3. The van der Waals surface area contributed by atoms with Crippen LogP contribution in [0.25, 0.3) is 0 Å². The molecule has 0 spiro atoms. The Morgan fingerprint density at radius 3 is 2.67 bits per heavy atom. The molecule has 6 heteroatoms. The Bertz CT molecular complexity index is 649. The highest BCUT2D eigenvalue weighted by Crippen LogP contribution is 2.24.